The molecular formula is C11H15N7O2. The lowest BCUT2D eigenvalue weighted by atomic mass is 10.2. The summed E-state index contributed by atoms with van der Waals surface area (Å²) < 4.78 is 6.75. The fourth-order valence-electron chi connectivity index (χ4n) is 2.11. The molecule has 1 atom stereocenters. The number of morpholine rings is 1. The number of tetrazole rings is 1. The van der Waals surface area contributed by atoms with Gasteiger partial charge in [-0.1, -0.05) is 0 Å². The van der Waals surface area contributed by atoms with E-state index in [1.165, 1.54) is 4.52 Å². The number of rotatable bonds is 3. The second-order valence-corrected chi connectivity index (χ2v) is 4.55. The lowest BCUT2D eigenvalue weighted by molar-refractivity contribution is -0.135. The van der Waals surface area contributed by atoms with Crippen molar-refractivity contribution < 1.29 is 9.53 Å². The smallest absolute Gasteiger partial charge is 0.244 e. The number of aromatic nitrogens is 5. The number of carbonyl (C=O) groups is 1. The van der Waals surface area contributed by atoms with Gasteiger partial charge in [0.15, 0.2) is 11.5 Å². The molecule has 20 heavy (non-hydrogen) atoms. The third kappa shape index (κ3) is 2.39. The molecule has 1 fully saturated rings. The van der Waals surface area contributed by atoms with E-state index in [2.05, 4.69) is 25.8 Å². The topological polar surface area (TPSA) is 97.5 Å². The highest BCUT2D eigenvalue weighted by molar-refractivity contribution is 5.84. The van der Waals surface area contributed by atoms with Crippen LogP contribution in [-0.2, 0) is 9.53 Å². The van der Waals surface area contributed by atoms with Crippen molar-refractivity contribution in [3.8, 4) is 0 Å². The van der Waals surface area contributed by atoms with Gasteiger partial charge in [0.1, 0.15) is 6.04 Å². The van der Waals surface area contributed by atoms with Gasteiger partial charge in [0.05, 0.1) is 25.6 Å². The van der Waals surface area contributed by atoms with Gasteiger partial charge in [-0.3, -0.25) is 9.78 Å². The molecule has 0 saturated carbocycles. The minimum atomic E-state index is -0.385. The number of fused-ring (bicyclic) bond motifs is 1. The van der Waals surface area contributed by atoms with Gasteiger partial charge in [0.2, 0.25) is 5.91 Å². The van der Waals surface area contributed by atoms with Crippen LogP contribution in [0.25, 0.3) is 5.65 Å². The van der Waals surface area contributed by atoms with Crippen molar-refractivity contribution in [1.82, 2.24) is 29.9 Å². The van der Waals surface area contributed by atoms with Crippen LogP contribution in [0.5, 0.6) is 0 Å². The van der Waals surface area contributed by atoms with E-state index in [0.717, 1.165) is 0 Å². The molecular weight excluding hydrogens is 262 g/mol. The summed E-state index contributed by atoms with van der Waals surface area (Å²) in [6.45, 7) is 4.22. The largest absolute Gasteiger partial charge is 0.378 e. The first-order valence-corrected chi connectivity index (χ1v) is 6.41. The minimum absolute atomic E-state index is 0.0263. The van der Waals surface area contributed by atoms with Crippen molar-refractivity contribution in [3.05, 3.63) is 12.4 Å². The Morgan fingerprint density at radius 2 is 2.20 bits per heavy atom. The van der Waals surface area contributed by atoms with Crippen LogP contribution < -0.4 is 5.32 Å². The van der Waals surface area contributed by atoms with Crippen LogP contribution in [-0.4, -0.2) is 68.2 Å². The number of carbonyl (C=O) groups excluding carboxylic acids is 1. The predicted octanol–water partition coefficient (Wildman–Crippen LogP) is -0.821. The molecule has 9 heteroatoms. The quantitative estimate of drug-likeness (QED) is 0.782. The summed E-state index contributed by atoms with van der Waals surface area (Å²) in [5, 5.41) is 14.3. The number of hydrogen-bond donors (Lipinski definition) is 1. The summed E-state index contributed by atoms with van der Waals surface area (Å²) in [7, 11) is 0. The SMILES string of the molecule is CC(Nc1cncc2nnnn12)C(=O)N1CCOCC1. The molecule has 1 unspecified atom stereocenters. The Hall–Kier alpha value is -2.29. The highest BCUT2D eigenvalue weighted by Crippen LogP contribution is 2.09. The summed E-state index contributed by atoms with van der Waals surface area (Å²) >= 11 is 0. The summed E-state index contributed by atoms with van der Waals surface area (Å²) in [5.74, 6) is 0.611. The number of nitrogens with one attached hydrogen (secondary N) is 1. The second kappa shape index (κ2) is 5.37. The molecule has 1 aliphatic rings. The molecule has 9 nitrogen and oxygen atoms in total. The zero-order chi connectivity index (χ0) is 13.9. The second-order valence-electron chi connectivity index (χ2n) is 4.55. The van der Waals surface area contributed by atoms with Gasteiger partial charge in [0, 0.05) is 13.1 Å². The van der Waals surface area contributed by atoms with E-state index in [9.17, 15) is 4.79 Å². The summed E-state index contributed by atoms with van der Waals surface area (Å²) in [6.07, 6.45) is 3.14. The van der Waals surface area contributed by atoms with E-state index in [1.54, 1.807) is 24.2 Å². The van der Waals surface area contributed by atoms with Crippen molar-refractivity contribution >= 4 is 17.4 Å². The Kier molecular flexibility index (Phi) is 3.42. The maximum absolute atomic E-state index is 12.3. The highest BCUT2D eigenvalue weighted by Gasteiger charge is 2.23. The molecule has 1 saturated heterocycles. The van der Waals surface area contributed by atoms with Crippen LogP contribution in [0.2, 0.25) is 0 Å². The van der Waals surface area contributed by atoms with Crippen LogP contribution in [0.1, 0.15) is 6.92 Å². The lowest BCUT2D eigenvalue weighted by Gasteiger charge is -2.29. The third-order valence-electron chi connectivity index (χ3n) is 3.17. The van der Waals surface area contributed by atoms with Crippen molar-refractivity contribution in [3.63, 3.8) is 0 Å². The van der Waals surface area contributed by atoms with Gasteiger partial charge in [-0.05, 0) is 17.4 Å². The molecule has 1 aliphatic heterocycles. The van der Waals surface area contributed by atoms with Crippen molar-refractivity contribution in [2.45, 2.75) is 13.0 Å². The Bertz CT molecular complexity index is 608. The molecule has 0 aromatic carbocycles. The number of amides is 1. The summed E-state index contributed by atoms with van der Waals surface area (Å²) in [6, 6.07) is -0.385. The van der Waals surface area contributed by atoms with E-state index in [4.69, 9.17) is 4.74 Å². The molecule has 1 amide bonds. The van der Waals surface area contributed by atoms with Crippen LogP contribution in [0.4, 0.5) is 5.82 Å². The molecule has 106 valence electrons. The summed E-state index contributed by atoms with van der Waals surface area (Å²) in [4.78, 5) is 18.1. The molecule has 0 radical (unpaired) electrons. The maximum Gasteiger partial charge on any atom is 0.244 e. The van der Waals surface area contributed by atoms with Gasteiger partial charge < -0.3 is 15.0 Å². The van der Waals surface area contributed by atoms with Crippen LogP contribution >= 0.6 is 0 Å². The Morgan fingerprint density at radius 1 is 1.40 bits per heavy atom. The zero-order valence-corrected chi connectivity index (χ0v) is 11.1. The van der Waals surface area contributed by atoms with Gasteiger partial charge in [-0.15, -0.1) is 5.10 Å². The van der Waals surface area contributed by atoms with Crippen LogP contribution in [0.3, 0.4) is 0 Å². The number of ether oxygens (including phenoxy) is 1. The van der Waals surface area contributed by atoms with Crippen LogP contribution in [0, 0.1) is 0 Å². The van der Waals surface area contributed by atoms with Gasteiger partial charge in [0.25, 0.3) is 0 Å². The average molecular weight is 277 g/mol. The molecule has 2 aromatic rings. The predicted molar refractivity (Wildman–Crippen MR) is 69.1 cm³/mol. The first kappa shape index (κ1) is 12.7. The Labute approximate surface area is 114 Å². The maximum atomic E-state index is 12.3. The molecule has 0 bridgehead atoms. The molecule has 3 rings (SSSR count). The molecule has 0 aliphatic carbocycles. The average Bonchev–Trinajstić information content (AvgIpc) is 2.97. The van der Waals surface area contributed by atoms with E-state index < -0.39 is 0 Å². The molecule has 2 aromatic heterocycles. The Morgan fingerprint density at radius 3 is 3.00 bits per heavy atom. The monoisotopic (exact) mass is 277 g/mol. The first-order chi connectivity index (χ1) is 9.75. The zero-order valence-electron chi connectivity index (χ0n) is 11.1. The van der Waals surface area contributed by atoms with Gasteiger partial charge >= 0.3 is 0 Å². The molecule has 0 spiro atoms. The molecule has 3 heterocycles. The number of nitrogens with zero attached hydrogens (tertiary/aromatic N) is 6. The van der Waals surface area contributed by atoms with Crippen molar-refractivity contribution in [2.75, 3.05) is 31.6 Å². The highest BCUT2D eigenvalue weighted by atomic mass is 16.5. The lowest BCUT2D eigenvalue weighted by Crippen LogP contribution is -2.47. The number of hydrogen-bond acceptors (Lipinski definition) is 7. The van der Waals surface area contributed by atoms with Crippen LogP contribution in [0.15, 0.2) is 12.4 Å². The fraction of sp³-hybridized carbons (Fsp3) is 0.545. The first-order valence-electron chi connectivity index (χ1n) is 6.41. The van der Waals surface area contributed by atoms with Crippen molar-refractivity contribution in [1.29, 1.82) is 0 Å². The minimum Gasteiger partial charge on any atom is -0.378 e. The Balaban J connectivity index is 1.73. The van der Waals surface area contributed by atoms with Gasteiger partial charge in [-0.2, -0.15) is 4.52 Å². The van der Waals surface area contributed by atoms with Gasteiger partial charge in [-0.25, -0.2) is 0 Å². The third-order valence-corrected chi connectivity index (χ3v) is 3.17. The standard InChI is InChI=1S/C11H15N7O2/c1-8(11(19)17-2-4-20-5-3-17)13-9-6-12-7-10-14-15-16-18(9)10/h6-8,13H,2-5H2,1H3. The van der Waals surface area contributed by atoms with E-state index in [0.29, 0.717) is 37.8 Å². The fourth-order valence-corrected chi connectivity index (χ4v) is 2.11. The molecule has 1 N–H and O–H groups in total. The van der Waals surface area contributed by atoms with E-state index >= 15 is 0 Å². The normalized spacial score (nSPS) is 17.1. The van der Waals surface area contributed by atoms with Crippen molar-refractivity contribution in [2.24, 2.45) is 0 Å². The summed E-state index contributed by atoms with van der Waals surface area (Å²) in [5.41, 5.74) is 0.529. The van der Waals surface area contributed by atoms with E-state index in [-0.39, 0.29) is 11.9 Å². The van der Waals surface area contributed by atoms with E-state index in [1.807, 2.05) is 0 Å². The number of anilines is 1.